The van der Waals surface area contributed by atoms with Crippen LogP contribution in [-0.4, -0.2) is 90.2 Å². The molecule has 2 aromatic rings. The number of carbonyl (C=O) groups is 1. The Kier molecular flexibility index (Phi) is 6.82. The highest BCUT2D eigenvalue weighted by Crippen LogP contribution is 2.30. The smallest absolute Gasteiger partial charge is 0.244 e. The Morgan fingerprint density at radius 1 is 1.07 bits per heavy atom. The van der Waals surface area contributed by atoms with Crippen molar-refractivity contribution in [3.63, 3.8) is 0 Å². The van der Waals surface area contributed by atoms with Gasteiger partial charge in [-0.3, -0.25) is 9.69 Å². The fraction of sp³-hybridized carbons (Fsp3) is 0.500. The zero-order chi connectivity index (χ0) is 21.3. The lowest BCUT2D eigenvalue weighted by Gasteiger charge is -2.24. The summed E-state index contributed by atoms with van der Waals surface area (Å²) in [5, 5.41) is 0.398. The molecular formula is C16H24N4O5S3. The number of benzene rings is 1. The molecule has 0 fully saturated rings. The number of sulfone groups is 1. The van der Waals surface area contributed by atoms with Gasteiger partial charge < -0.3 is 4.90 Å². The van der Waals surface area contributed by atoms with Crippen LogP contribution in [0.1, 0.15) is 0 Å². The molecule has 0 aliphatic carbocycles. The Hall–Kier alpha value is -1.60. The second kappa shape index (κ2) is 8.41. The highest BCUT2D eigenvalue weighted by molar-refractivity contribution is 7.90. The maximum Gasteiger partial charge on any atom is 0.244 e. The maximum atomic E-state index is 12.8. The number of aromatic nitrogens is 1. The van der Waals surface area contributed by atoms with Crippen LogP contribution in [0.4, 0.5) is 5.13 Å². The Labute approximate surface area is 169 Å². The zero-order valence-corrected chi connectivity index (χ0v) is 18.9. The summed E-state index contributed by atoms with van der Waals surface area (Å²) in [6, 6.07) is 4.61. The van der Waals surface area contributed by atoms with E-state index in [-0.39, 0.29) is 11.4 Å². The summed E-state index contributed by atoms with van der Waals surface area (Å²) in [7, 11) is -1.79. The van der Waals surface area contributed by atoms with Gasteiger partial charge in [-0.25, -0.2) is 21.8 Å². The van der Waals surface area contributed by atoms with Crippen LogP contribution in [0.25, 0.3) is 10.2 Å². The van der Waals surface area contributed by atoms with Crippen molar-refractivity contribution >= 4 is 52.5 Å². The SMILES string of the molecule is CN(C)CCN(C(=O)CN(C)S(C)(=O)=O)c1nc2ccc(S(C)(=O)=O)cc2s1. The summed E-state index contributed by atoms with van der Waals surface area (Å²) in [5.41, 5.74) is 0.575. The minimum absolute atomic E-state index is 0.179. The van der Waals surface area contributed by atoms with E-state index in [1.54, 1.807) is 6.07 Å². The summed E-state index contributed by atoms with van der Waals surface area (Å²) in [5.74, 6) is -0.405. The van der Waals surface area contributed by atoms with Crippen molar-refractivity contribution in [2.24, 2.45) is 0 Å². The number of hydrogen-bond donors (Lipinski definition) is 0. The predicted molar refractivity (Wildman–Crippen MR) is 111 cm³/mol. The average molecular weight is 449 g/mol. The van der Waals surface area contributed by atoms with Gasteiger partial charge in [0.1, 0.15) is 0 Å². The number of likely N-dealkylation sites (N-methyl/N-ethyl adjacent to an activating group) is 2. The van der Waals surface area contributed by atoms with Gasteiger partial charge in [0.2, 0.25) is 15.9 Å². The highest BCUT2D eigenvalue weighted by Gasteiger charge is 2.24. The van der Waals surface area contributed by atoms with Gasteiger partial charge in [-0.05, 0) is 32.3 Å². The zero-order valence-electron chi connectivity index (χ0n) is 16.4. The number of amides is 1. The quantitative estimate of drug-likeness (QED) is 0.578. The second-order valence-electron chi connectivity index (χ2n) is 6.77. The number of nitrogens with zero attached hydrogens (tertiary/aromatic N) is 4. The lowest BCUT2D eigenvalue weighted by atomic mass is 10.3. The molecule has 1 heterocycles. The monoisotopic (exact) mass is 448 g/mol. The summed E-state index contributed by atoms with van der Waals surface area (Å²) < 4.78 is 48.4. The number of fused-ring (bicyclic) bond motifs is 1. The molecule has 1 aromatic carbocycles. The molecule has 156 valence electrons. The van der Waals surface area contributed by atoms with E-state index in [4.69, 9.17) is 0 Å². The summed E-state index contributed by atoms with van der Waals surface area (Å²) in [4.78, 5) is 20.7. The standard InChI is InChI=1S/C16H24N4O5S3/c1-18(2)8-9-20(15(21)11-19(3)28(5,24)25)16-17-13-7-6-12(27(4,22)23)10-14(13)26-16/h6-7,10H,8-9,11H2,1-5H3. The fourth-order valence-corrected chi connectivity index (χ4v) is 4.37. The first kappa shape index (κ1) is 22.7. The minimum Gasteiger partial charge on any atom is -0.308 e. The molecule has 9 nitrogen and oxygen atoms in total. The van der Waals surface area contributed by atoms with Crippen molar-refractivity contribution in [2.75, 3.05) is 58.2 Å². The summed E-state index contributed by atoms with van der Waals surface area (Å²) in [6.07, 6.45) is 2.17. The number of thiazole rings is 1. The highest BCUT2D eigenvalue weighted by atomic mass is 32.2. The Balaban J connectivity index is 2.40. The third kappa shape index (κ3) is 5.70. The molecule has 1 aromatic heterocycles. The maximum absolute atomic E-state index is 12.8. The number of anilines is 1. The molecule has 0 spiro atoms. The van der Waals surface area contributed by atoms with Crippen LogP contribution >= 0.6 is 11.3 Å². The van der Waals surface area contributed by atoms with Crippen molar-refractivity contribution in [3.8, 4) is 0 Å². The molecule has 0 saturated heterocycles. The van der Waals surface area contributed by atoms with Crippen LogP contribution in [0.5, 0.6) is 0 Å². The lowest BCUT2D eigenvalue weighted by Crippen LogP contribution is -2.43. The van der Waals surface area contributed by atoms with Gasteiger partial charge in [0.15, 0.2) is 15.0 Å². The molecule has 0 N–H and O–H groups in total. The molecule has 28 heavy (non-hydrogen) atoms. The number of sulfonamides is 1. The molecule has 2 rings (SSSR count). The molecule has 1 amide bonds. The first-order valence-corrected chi connectivity index (χ1v) is 12.8. The van der Waals surface area contributed by atoms with E-state index in [9.17, 15) is 21.6 Å². The van der Waals surface area contributed by atoms with E-state index in [2.05, 4.69) is 4.98 Å². The van der Waals surface area contributed by atoms with E-state index in [1.165, 1.54) is 35.4 Å². The normalized spacial score (nSPS) is 12.8. The first-order chi connectivity index (χ1) is 12.8. The van der Waals surface area contributed by atoms with Gasteiger partial charge in [0, 0.05) is 26.4 Å². The van der Waals surface area contributed by atoms with Crippen LogP contribution in [-0.2, 0) is 24.7 Å². The Bertz CT molecular complexity index is 1080. The lowest BCUT2D eigenvalue weighted by molar-refractivity contribution is -0.118. The molecule has 0 unspecified atom stereocenters. The van der Waals surface area contributed by atoms with Crippen LogP contribution < -0.4 is 4.90 Å². The van der Waals surface area contributed by atoms with Gasteiger partial charge in [-0.1, -0.05) is 11.3 Å². The van der Waals surface area contributed by atoms with Gasteiger partial charge in [-0.15, -0.1) is 0 Å². The molecule has 0 saturated carbocycles. The molecule has 0 aliphatic rings. The van der Waals surface area contributed by atoms with Crippen molar-refractivity contribution in [2.45, 2.75) is 4.90 Å². The third-order valence-electron chi connectivity index (χ3n) is 4.00. The topological polar surface area (TPSA) is 108 Å². The first-order valence-electron chi connectivity index (χ1n) is 8.26. The van der Waals surface area contributed by atoms with Crippen molar-refractivity contribution in [3.05, 3.63) is 18.2 Å². The number of carbonyl (C=O) groups excluding carboxylic acids is 1. The Morgan fingerprint density at radius 2 is 1.71 bits per heavy atom. The van der Waals surface area contributed by atoms with Crippen molar-refractivity contribution < 1.29 is 21.6 Å². The summed E-state index contributed by atoms with van der Waals surface area (Å²) in [6.45, 7) is 0.567. The van der Waals surface area contributed by atoms with Gasteiger partial charge in [0.25, 0.3) is 0 Å². The van der Waals surface area contributed by atoms with E-state index >= 15 is 0 Å². The van der Waals surface area contributed by atoms with Crippen LogP contribution in [0, 0.1) is 0 Å². The van der Waals surface area contributed by atoms with E-state index in [1.807, 2.05) is 19.0 Å². The fourth-order valence-electron chi connectivity index (χ4n) is 2.26. The van der Waals surface area contributed by atoms with E-state index < -0.39 is 25.8 Å². The molecule has 0 aliphatic heterocycles. The van der Waals surface area contributed by atoms with Gasteiger partial charge in [0.05, 0.1) is 27.9 Å². The number of rotatable bonds is 8. The van der Waals surface area contributed by atoms with Gasteiger partial charge in [-0.2, -0.15) is 4.31 Å². The van der Waals surface area contributed by atoms with Crippen molar-refractivity contribution in [1.29, 1.82) is 0 Å². The molecule has 0 atom stereocenters. The minimum atomic E-state index is -3.50. The third-order valence-corrected chi connectivity index (χ3v) is 7.42. The van der Waals surface area contributed by atoms with Gasteiger partial charge >= 0.3 is 0 Å². The summed E-state index contributed by atoms with van der Waals surface area (Å²) >= 11 is 1.19. The van der Waals surface area contributed by atoms with E-state index in [0.717, 1.165) is 16.8 Å². The Morgan fingerprint density at radius 3 is 2.25 bits per heavy atom. The average Bonchev–Trinajstić information content (AvgIpc) is 2.95. The molecule has 12 heteroatoms. The molecule has 0 bridgehead atoms. The molecule has 0 radical (unpaired) electrons. The predicted octanol–water partition coefficient (Wildman–Crippen LogP) is 0.486. The van der Waals surface area contributed by atoms with E-state index in [0.29, 0.717) is 28.4 Å². The van der Waals surface area contributed by atoms with Crippen LogP contribution in [0.2, 0.25) is 0 Å². The molecular weight excluding hydrogens is 424 g/mol. The largest absolute Gasteiger partial charge is 0.308 e. The van der Waals surface area contributed by atoms with Crippen LogP contribution in [0.15, 0.2) is 23.1 Å². The second-order valence-corrected chi connectivity index (χ2v) is 11.9. The number of hydrogen-bond acceptors (Lipinski definition) is 8. The van der Waals surface area contributed by atoms with Crippen molar-refractivity contribution in [1.82, 2.24) is 14.2 Å². The van der Waals surface area contributed by atoms with Crippen LogP contribution in [0.3, 0.4) is 0 Å².